The second-order valence-electron chi connectivity index (χ2n) is 1.11. The molecule has 0 radical (unpaired) electrons. The summed E-state index contributed by atoms with van der Waals surface area (Å²) in [5.41, 5.74) is 0. The van der Waals surface area contributed by atoms with Gasteiger partial charge in [0.2, 0.25) is 0 Å². The third-order valence-electron chi connectivity index (χ3n) is 0. The van der Waals surface area contributed by atoms with Crippen LogP contribution in [0.2, 0.25) is 0 Å². The average molecular weight is 190 g/mol. The first-order valence-corrected chi connectivity index (χ1v) is 2.50. The maximum absolute atomic E-state index is 10.4. The fourth-order valence-electron chi connectivity index (χ4n) is 0. The summed E-state index contributed by atoms with van der Waals surface area (Å²) in [6.07, 6.45) is 0. The Morgan fingerprint density at radius 3 is 0.900 bits per heavy atom. The van der Waals surface area contributed by atoms with Crippen LogP contribution in [0.3, 0.4) is 0 Å². The average Bonchev–Trinajstić information content (AvgIpc) is 1.12. The minimum absolute atomic E-state index is 0.0116. The highest BCUT2D eigenvalue weighted by Crippen LogP contribution is 2.21. The summed E-state index contributed by atoms with van der Waals surface area (Å²) in [4.78, 5) is 0. The van der Waals surface area contributed by atoms with Crippen LogP contribution < -0.4 is 0 Å². The van der Waals surface area contributed by atoms with Gasteiger partial charge >= 0.3 is 13.2 Å². The molecule has 0 aliphatic rings. The van der Waals surface area contributed by atoms with E-state index in [1.54, 1.807) is 0 Å². The van der Waals surface area contributed by atoms with Crippen molar-refractivity contribution in [2.75, 3.05) is 0 Å². The van der Waals surface area contributed by atoms with Gasteiger partial charge in [-0.15, -0.1) is 13.2 Å². The molecule has 0 aliphatic carbocycles. The van der Waals surface area contributed by atoms with Crippen LogP contribution in [0.1, 0.15) is 0 Å². The first kappa shape index (κ1) is 12.7. The maximum atomic E-state index is 10.4. The lowest BCUT2D eigenvalue weighted by atomic mass is 10.3. The van der Waals surface area contributed by atoms with Crippen LogP contribution in [0.15, 0.2) is 0 Å². The van der Waals surface area contributed by atoms with Crippen LogP contribution >= 0.6 is 9.24 Å². The van der Waals surface area contributed by atoms with Crippen molar-refractivity contribution in [3.63, 3.8) is 0 Å². The predicted molar refractivity (Wildman–Crippen MR) is 27.3 cm³/mol. The van der Waals surface area contributed by atoms with Crippen molar-refractivity contribution in [3.8, 4) is 0 Å². The Bertz CT molecular complexity index is 56.6. The van der Waals surface area contributed by atoms with Crippen LogP contribution in [0.25, 0.3) is 0 Å². The Kier molecular flexibility index (Phi) is 5.07. The smallest absolute Gasteiger partial charge is 0.418 e. The molecular formula is CH3BF7P. The lowest BCUT2D eigenvalue weighted by molar-refractivity contribution is -0.0341. The molecule has 1 atom stereocenters. The number of halogens is 7. The van der Waals surface area contributed by atoms with E-state index in [0.717, 1.165) is 0 Å². The molecule has 0 rings (SSSR count). The van der Waals surface area contributed by atoms with Crippen molar-refractivity contribution in [3.05, 3.63) is 0 Å². The molecule has 0 heterocycles. The van der Waals surface area contributed by atoms with Gasteiger partial charge < -0.3 is 17.3 Å². The minimum atomic E-state index is -6.00. The topological polar surface area (TPSA) is 0 Å². The van der Waals surface area contributed by atoms with E-state index in [-0.39, 0.29) is 9.24 Å². The Labute approximate surface area is 54.1 Å². The first-order valence-electron chi connectivity index (χ1n) is 1.79. The molecular weight excluding hydrogens is 187 g/mol. The van der Waals surface area contributed by atoms with E-state index in [1.165, 1.54) is 0 Å². The molecule has 0 saturated carbocycles. The second-order valence-corrected chi connectivity index (χ2v) is 1.91. The second kappa shape index (κ2) is 4.00. The van der Waals surface area contributed by atoms with E-state index in [0.29, 0.717) is 0 Å². The van der Waals surface area contributed by atoms with Crippen molar-refractivity contribution in [1.82, 2.24) is 0 Å². The molecule has 0 fully saturated rings. The normalized spacial score (nSPS) is 12.3. The molecule has 0 nitrogen and oxygen atoms in total. The van der Waals surface area contributed by atoms with E-state index in [2.05, 4.69) is 0 Å². The highest BCUT2D eigenvalue weighted by atomic mass is 31.0. The summed E-state index contributed by atoms with van der Waals surface area (Å²) in [6, 6.07) is 0. The van der Waals surface area contributed by atoms with Gasteiger partial charge in [-0.25, -0.2) is 0 Å². The van der Waals surface area contributed by atoms with Crippen LogP contribution in [0.4, 0.5) is 30.4 Å². The quantitative estimate of drug-likeness (QED) is 0.312. The van der Waals surface area contributed by atoms with Gasteiger partial charge in [0, 0.05) is 0 Å². The largest absolute Gasteiger partial charge is 0.673 e. The third-order valence-corrected chi connectivity index (χ3v) is 0. The molecule has 1 unspecified atom stereocenters. The lowest BCUT2D eigenvalue weighted by Gasteiger charge is -1.94. The Balaban J connectivity index is 0. The molecule has 0 N–H and O–H groups in total. The molecule has 0 bridgehead atoms. The number of rotatable bonds is 0. The zero-order chi connectivity index (χ0) is 9.00. The first-order chi connectivity index (χ1) is 4.00. The van der Waals surface area contributed by atoms with Gasteiger partial charge in [-0.05, 0) is 0 Å². The number of hydrogen-bond donors (Lipinski definition) is 0. The summed E-state index contributed by atoms with van der Waals surface area (Å²) in [5, 5.41) is 0. The molecule has 9 heteroatoms. The van der Waals surface area contributed by atoms with Crippen LogP contribution in [0, 0.1) is 0 Å². The molecule has 0 spiro atoms. The fourth-order valence-corrected chi connectivity index (χ4v) is 0. The van der Waals surface area contributed by atoms with Gasteiger partial charge in [0.05, 0.1) is 9.24 Å². The predicted octanol–water partition coefficient (Wildman–Crippen LogP) is 2.41. The van der Waals surface area contributed by atoms with Gasteiger partial charge in [0.15, 0.2) is 0 Å². The van der Waals surface area contributed by atoms with Gasteiger partial charge in [0.25, 0.3) is 0 Å². The van der Waals surface area contributed by atoms with E-state index in [4.69, 9.17) is 0 Å². The van der Waals surface area contributed by atoms with Gasteiger partial charge in [-0.1, -0.05) is 0 Å². The van der Waals surface area contributed by atoms with Crippen molar-refractivity contribution in [2.45, 2.75) is 5.92 Å². The Hall–Kier alpha value is 0.00494. The summed E-state index contributed by atoms with van der Waals surface area (Å²) in [5.74, 6) is -3.97. The van der Waals surface area contributed by atoms with Crippen molar-refractivity contribution >= 4 is 16.5 Å². The number of alkyl halides is 3. The van der Waals surface area contributed by atoms with Gasteiger partial charge in [-0.3, -0.25) is 0 Å². The molecule has 10 heavy (non-hydrogen) atoms. The highest BCUT2D eigenvalue weighted by molar-refractivity contribution is 7.17. The van der Waals surface area contributed by atoms with Gasteiger partial charge in [0.1, 0.15) is 0 Å². The molecule has 0 aliphatic heterocycles. The summed E-state index contributed by atoms with van der Waals surface area (Å²) >= 11 is 0. The van der Waals surface area contributed by atoms with Crippen molar-refractivity contribution < 1.29 is 30.4 Å². The third kappa shape index (κ3) is 16100000. The SMILES string of the molecule is FC(F)(F)[PH3+].F[B-](F)(F)F. The van der Waals surface area contributed by atoms with E-state index in [9.17, 15) is 30.4 Å². The zero-order valence-corrected chi connectivity index (χ0v) is 5.84. The molecule has 0 aromatic rings. The van der Waals surface area contributed by atoms with Gasteiger partial charge in [-0.2, -0.15) is 0 Å². The standard InChI is InChI=1S/CH2F3P.BF4/c2*2-1(3,4)5/h5H2;/q;-1/p+1. The molecule has 0 aromatic carbocycles. The van der Waals surface area contributed by atoms with Crippen LogP contribution in [0.5, 0.6) is 0 Å². The Morgan fingerprint density at radius 2 is 0.900 bits per heavy atom. The van der Waals surface area contributed by atoms with Crippen LogP contribution in [-0.4, -0.2) is 13.2 Å². The van der Waals surface area contributed by atoms with E-state index >= 15 is 0 Å². The maximum Gasteiger partial charge on any atom is 0.673 e. The molecule has 0 amide bonds. The van der Waals surface area contributed by atoms with Crippen molar-refractivity contribution in [2.24, 2.45) is 0 Å². The Morgan fingerprint density at radius 1 is 0.900 bits per heavy atom. The number of hydrogen-bond acceptors (Lipinski definition) is 0. The summed E-state index contributed by atoms with van der Waals surface area (Å²) < 4.78 is 70.1. The summed E-state index contributed by atoms with van der Waals surface area (Å²) in [6.45, 7) is 0. The van der Waals surface area contributed by atoms with E-state index < -0.39 is 13.2 Å². The molecule has 0 aromatic heterocycles. The zero-order valence-electron chi connectivity index (χ0n) is 4.43. The molecule has 0 saturated heterocycles. The minimum Gasteiger partial charge on any atom is -0.418 e. The monoisotopic (exact) mass is 190 g/mol. The van der Waals surface area contributed by atoms with Crippen molar-refractivity contribution in [1.29, 1.82) is 0 Å². The summed E-state index contributed by atoms with van der Waals surface area (Å²) in [7, 11) is -5.99. The van der Waals surface area contributed by atoms with Crippen LogP contribution in [-0.2, 0) is 0 Å². The fraction of sp³-hybridized carbons (Fsp3) is 1.00. The lowest BCUT2D eigenvalue weighted by Crippen LogP contribution is -2.02. The van der Waals surface area contributed by atoms with E-state index in [1.807, 2.05) is 0 Å². The highest BCUT2D eigenvalue weighted by Gasteiger charge is 2.24. The molecule has 64 valence electrons.